The molecule has 3 saturated heterocycles. The van der Waals surface area contributed by atoms with Gasteiger partial charge in [-0.25, -0.2) is 0 Å². The van der Waals surface area contributed by atoms with E-state index >= 15 is 0 Å². The van der Waals surface area contributed by atoms with Crippen LogP contribution < -0.4 is 10.6 Å². The number of nitrogens with one attached hydrogen (secondary N) is 2. The van der Waals surface area contributed by atoms with Gasteiger partial charge in [-0.05, 0) is 38.2 Å². The summed E-state index contributed by atoms with van der Waals surface area (Å²) < 4.78 is -0.657. The van der Waals surface area contributed by atoms with Crippen LogP contribution in [0.4, 0.5) is 0 Å². The molecule has 8 atom stereocenters. The molecule has 0 aliphatic carbocycles. The summed E-state index contributed by atoms with van der Waals surface area (Å²) in [6.07, 6.45) is 2.61. The molecule has 186 valence electrons. The van der Waals surface area contributed by atoms with Crippen molar-refractivity contribution in [1.29, 1.82) is 0 Å². The number of fused-ring (bicyclic) bond motifs is 1. The van der Waals surface area contributed by atoms with E-state index < -0.39 is 28.7 Å². The van der Waals surface area contributed by atoms with Crippen LogP contribution in [0, 0.1) is 17.8 Å². The molecule has 3 aliphatic rings. The quantitative estimate of drug-likeness (QED) is 0.497. The highest BCUT2D eigenvalue weighted by atomic mass is 32.2. The molecule has 7 nitrogen and oxygen atoms in total. The summed E-state index contributed by atoms with van der Waals surface area (Å²) in [7, 11) is 0. The predicted octanol–water partition coefficient (Wildman–Crippen LogP) is 2.33. The van der Waals surface area contributed by atoms with Gasteiger partial charge in [0.1, 0.15) is 6.04 Å². The Morgan fingerprint density at radius 2 is 1.94 bits per heavy atom. The molecular weight excluding hydrogens is 450 g/mol. The average Bonchev–Trinajstić information content (AvgIpc) is 3.41. The zero-order valence-corrected chi connectivity index (χ0v) is 21.3. The standard InChI is InChI=1S/C26H37N3O4S/c1-5-9-16(3)28-24(32)22-26-15(2)12-19(34-26)20(21(26)25(33)29(22)17(4)14-30)23(31)27-13-18-10-7-6-8-11-18/h6-8,10-11,15-17,19-22,30H,5,9,12-14H2,1-4H3,(H,27,31)(H,28,32)/t15?,16?,17-,19+,20-,21+,22?,26?/m1/s1. The van der Waals surface area contributed by atoms with Crippen LogP contribution in [-0.4, -0.2) is 62.5 Å². The zero-order chi connectivity index (χ0) is 24.6. The summed E-state index contributed by atoms with van der Waals surface area (Å²) in [5, 5.41) is 16.1. The Morgan fingerprint density at radius 3 is 2.59 bits per heavy atom. The number of hydrogen-bond acceptors (Lipinski definition) is 5. The van der Waals surface area contributed by atoms with Crippen molar-refractivity contribution in [1.82, 2.24) is 15.5 Å². The lowest BCUT2D eigenvalue weighted by atomic mass is 9.66. The first kappa shape index (κ1) is 25.0. The van der Waals surface area contributed by atoms with E-state index in [0.29, 0.717) is 6.54 Å². The minimum Gasteiger partial charge on any atom is -0.394 e. The van der Waals surface area contributed by atoms with Gasteiger partial charge in [0.05, 0.1) is 29.2 Å². The van der Waals surface area contributed by atoms with Gasteiger partial charge >= 0.3 is 0 Å². The molecule has 1 aromatic carbocycles. The molecule has 3 fully saturated rings. The maximum Gasteiger partial charge on any atom is 0.244 e. The summed E-state index contributed by atoms with van der Waals surface area (Å²) in [5.41, 5.74) is 1.00. The van der Waals surface area contributed by atoms with Crippen molar-refractivity contribution in [2.75, 3.05) is 6.61 Å². The molecule has 1 spiro atoms. The number of aliphatic hydroxyl groups excluding tert-OH is 1. The van der Waals surface area contributed by atoms with Gasteiger partial charge in [0.2, 0.25) is 17.7 Å². The maximum absolute atomic E-state index is 13.9. The van der Waals surface area contributed by atoms with Crippen LogP contribution in [0.1, 0.15) is 52.5 Å². The fourth-order valence-corrected chi connectivity index (χ4v) is 8.76. The lowest BCUT2D eigenvalue weighted by Crippen LogP contribution is -2.59. The first-order valence-electron chi connectivity index (χ1n) is 12.5. The number of thioether (sulfide) groups is 1. The molecule has 1 aromatic rings. The van der Waals surface area contributed by atoms with Crippen LogP contribution in [0.15, 0.2) is 30.3 Å². The fourth-order valence-electron chi connectivity index (χ4n) is 6.35. The molecule has 4 unspecified atom stereocenters. The number of carbonyl (C=O) groups excluding carboxylic acids is 3. The van der Waals surface area contributed by atoms with E-state index in [-0.39, 0.29) is 41.5 Å². The van der Waals surface area contributed by atoms with E-state index in [0.717, 1.165) is 24.8 Å². The van der Waals surface area contributed by atoms with Gasteiger partial charge in [0.25, 0.3) is 0 Å². The Bertz CT molecular complexity index is 928. The minimum absolute atomic E-state index is 0.00166. The Balaban J connectivity index is 1.64. The maximum atomic E-state index is 13.9. The second-order valence-corrected chi connectivity index (χ2v) is 11.8. The van der Waals surface area contributed by atoms with Crippen molar-refractivity contribution in [3.8, 4) is 0 Å². The van der Waals surface area contributed by atoms with Crippen molar-refractivity contribution < 1.29 is 19.5 Å². The van der Waals surface area contributed by atoms with E-state index in [1.807, 2.05) is 37.3 Å². The third-order valence-corrected chi connectivity index (χ3v) is 9.97. The number of rotatable bonds is 9. The van der Waals surface area contributed by atoms with Crippen LogP contribution in [0.2, 0.25) is 0 Å². The van der Waals surface area contributed by atoms with Crippen LogP contribution in [0.3, 0.4) is 0 Å². The van der Waals surface area contributed by atoms with Crippen molar-refractivity contribution >= 4 is 29.5 Å². The van der Waals surface area contributed by atoms with Crippen LogP contribution >= 0.6 is 11.8 Å². The number of amides is 3. The molecule has 2 bridgehead atoms. The first-order chi connectivity index (χ1) is 16.3. The van der Waals surface area contributed by atoms with E-state index in [9.17, 15) is 19.5 Å². The summed E-state index contributed by atoms with van der Waals surface area (Å²) in [6.45, 7) is 8.12. The van der Waals surface area contributed by atoms with Crippen molar-refractivity contribution in [3.05, 3.63) is 35.9 Å². The molecule has 3 aliphatic heterocycles. The Labute approximate surface area is 206 Å². The van der Waals surface area contributed by atoms with E-state index in [1.54, 1.807) is 23.6 Å². The molecule has 3 amide bonds. The normalized spacial score (nSPS) is 33.5. The zero-order valence-electron chi connectivity index (χ0n) is 20.5. The van der Waals surface area contributed by atoms with Gasteiger partial charge < -0.3 is 20.6 Å². The monoisotopic (exact) mass is 487 g/mol. The summed E-state index contributed by atoms with van der Waals surface area (Å²) in [5.74, 6) is -1.38. The molecular formula is C26H37N3O4S. The fraction of sp³-hybridized carbons (Fsp3) is 0.654. The minimum atomic E-state index is -0.691. The Hall–Kier alpha value is -2.06. The Kier molecular flexibility index (Phi) is 7.29. The number of nitrogens with zero attached hydrogens (tertiary/aromatic N) is 1. The second kappa shape index (κ2) is 9.90. The molecule has 34 heavy (non-hydrogen) atoms. The highest BCUT2D eigenvalue weighted by molar-refractivity contribution is 8.02. The lowest BCUT2D eigenvalue weighted by molar-refractivity contribution is -0.142. The van der Waals surface area contributed by atoms with Gasteiger partial charge in [-0.2, -0.15) is 0 Å². The van der Waals surface area contributed by atoms with Crippen molar-refractivity contribution in [2.45, 2.75) is 81.6 Å². The topological polar surface area (TPSA) is 98.7 Å². The highest BCUT2D eigenvalue weighted by Crippen LogP contribution is 2.68. The largest absolute Gasteiger partial charge is 0.394 e. The second-order valence-electron chi connectivity index (χ2n) is 10.2. The van der Waals surface area contributed by atoms with Crippen LogP contribution in [-0.2, 0) is 20.9 Å². The predicted molar refractivity (Wildman–Crippen MR) is 133 cm³/mol. The molecule has 0 radical (unpaired) electrons. The lowest BCUT2D eigenvalue weighted by Gasteiger charge is -2.40. The van der Waals surface area contributed by atoms with Crippen molar-refractivity contribution in [2.24, 2.45) is 17.8 Å². The molecule has 3 heterocycles. The summed E-state index contributed by atoms with van der Waals surface area (Å²) in [6, 6.07) is 8.53. The average molecular weight is 488 g/mol. The molecule has 4 rings (SSSR count). The summed E-state index contributed by atoms with van der Waals surface area (Å²) in [4.78, 5) is 42.6. The van der Waals surface area contributed by atoms with E-state index in [2.05, 4.69) is 24.5 Å². The third-order valence-electron chi connectivity index (χ3n) is 7.89. The number of hydrogen-bond donors (Lipinski definition) is 3. The van der Waals surface area contributed by atoms with Gasteiger partial charge in [-0.15, -0.1) is 11.8 Å². The molecule has 3 N–H and O–H groups in total. The van der Waals surface area contributed by atoms with E-state index in [1.165, 1.54) is 0 Å². The van der Waals surface area contributed by atoms with Crippen molar-refractivity contribution in [3.63, 3.8) is 0 Å². The number of benzene rings is 1. The van der Waals surface area contributed by atoms with Gasteiger partial charge in [-0.1, -0.05) is 50.6 Å². The Morgan fingerprint density at radius 1 is 1.24 bits per heavy atom. The molecule has 8 heteroatoms. The number of likely N-dealkylation sites (tertiary alicyclic amines) is 1. The van der Waals surface area contributed by atoms with E-state index in [4.69, 9.17) is 0 Å². The number of aliphatic hydroxyl groups is 1. The van der Waals surface area contributed by atoms with Crippen LogP contribution in [0.5, 0.6) is 0 Å². The smallest absolute Gasteiger partial charge is 0.244 e. The summed E-state index contributed by atoms with van der Waals surface area (Å²) >= 11 is 1.66. The first-order valence-corrected chi connectivity index (χ1v) is 13.4. The van der Waals surface area contributed by atoms with Crippen LogP contribution in [0.25, 0.3) is 0 Å². The van der Waals surface area contributed by atoms with Gasteiger partial charge in [-0.3, -0.25) is 14.4 Å². The molecule has 0 aromatic heterocycles. The SMILES string of the molecule is CCCC(C)NC(=O)C1N([C@H](C)CO)C(=O)[C@@H]2[C@H](C(=O)NCc3ccccc3)[C@@H]3CC(C)C12S3. The highest BCUT2D eigenvalue weighted by Gasteiger charge is 2.76. The molecule has 0 saturated carbocycles. The number of carbonyl (C=O) groups is 3. The van der Waals surface area contributed by atoms with Gasteiger partial charge in [0.15, 0.2) is 0 Å². The van der Waals surface area contributed by atoms with Gasteiger partial charge in [0, 0.05) is 17.8 Å². The third kappa shape index (κ3) is 4.02.